The number of H-pyrrole nitrogens is 2. The molecule has 3 aromatic rings. The topological polar surface area (TPSA) is 74.4 Å². The van der Waals surface area contributed by atoms with Gasteiger partial charge in [0.2, 0.25) is 0 Å². The van der Waals surface area contributed by atoms with Gasteiger partial charge in [-0.1, -0.05) is 11.6 Å². The molecular weight excluding hydrogens is 216 g/mol. The van der Waals surface area contributed by atoms with E-state index in [1.54, 1.807) is 6.07 Å². The number of aromatic amines is 2. The van der Waals surface area contributed by atoms with Crippen molar-refractivity contribution >= 4 is 33.5 Å². The van der Waals surface area contributed by atoms with Crippen molar-refractivity contribution < 1.29 is 0 Å². The van der Waals surface area contributed by atoms with Crippen LogP contribution in [-0.2, 0) is 0 Å². The van der Waals surface area contributed by atoms with Crippen LogP contribution in [0.25, 0.3) is 21.9 Å². The van der Waals surface area contributed by atoms with Gasteiger partial charge in [0, 0.05) is 12.3 Å². The third kappa shape index (κ3) is 1.07. The Hall–Kier alpha value is -1.88. The lowest BCUT2D eigenvalue weighted by atomic mass is 10.2. The molecule has 0 aliphatic heterocycles. The fourth-order valence-electron chi connectivity index (χ4n) is 1.56. The molecule has 0 saturated heterocycles. The van der Waals surface area contributed by atoms with Crippen LogP contribution in [0.15, 0.2) is 23.1 Å². The van der Waals surface area contributed by atoms with Gasteiger partial charge >= 0.3 is 0 Å². The number of nitrogens with one attached hydrogen (secondary N) is 2. The SMILES string of the molecule is O=c1ccnc2c(Cl)c3[nH][nH]nc3cc12. The van der Waals surface area contributed by atoms with Crippen LogP contribution in [0.5, 0.6) is 0 Å². The molecule has 1 aromatic carbocycles. The second-order valence-electron chi connectivity index (χ2n) is 3.14. The lowest BCUT2D eigenvalue weighted by Gasteiger charge is -1.98. The third-order valence-corrected chi connectivity index (χ3v) is 2.64. The molecule has 0 bridgehead atoms. The normalized spacial score (nSPS) is 11.3. The Morgan fingerprint density at radius 1 is 1.40 bits per heavy atom. The summed E-state index contributed by atoms with van der Waals surface area (Å²) in [5.74, 6) is 0. The third-order valence-electron chi connectivity index (χ3n) is 2.27. The summed E-state index contributed by atoms with van der Waals surface area (Å²) in [6.07, 6.45) is 1.45. The zero-order valence-electron chi connectivity index (χ0n) is 7.41. The van der Waals surface area contributed by atoms with Crippen molar-refractivity contribution in [3.05, 3.63) is 33.6 Å². The van der Waals surface area contributed by atoms with Gasteiger partial charge in [-0.3, -0.25) is 14.9 Å². The van der Waals surface area contributed by atoms with Crippen molar-refractivity contribution in [2.75, 3.05) is 0 Å². The summed E-state index contributed by atoms with van der Waals surface area (Å²) in [6.45, 7) is 0. The van der Waals surface area contributed by atoms with E-state index in [4.69, 9.17) is 11.6 Å². The number of hydrogen-bond acceptors (Lipinski definition) is 3. The van der Waals surface area contributed by atoms with E-state index in [1.807, 2.05) is 0 Å². The number of aromatic nitrogens is 4. The first-order valence-electron chi connectivity index (χ1n) is 4.27. The summed E-state index contributed by atoms with van der Waals surface area (Å²) in [5, 5.41) is 10.2. The van der Waals surface area contributed by atoms with E-state index in [9.17, 15) is 4.79 Å². The van der Waals surface area contributed by atoms with E-state index >= 15 is 0 Å². The minimum Gasteiger partial charge on any atom is -0.289 e. The summed E-state index contributed by atoms with van der Waals surface area (Å²) in [7, 11) is 0. The fraction of sp³-hybridized carbons (Fsp3) is 0. The van der Waals surface area contributed by atoms with Gasteiger partial charge in [0.1, 0.15) is 11.0 Å². The molecule has 0 amide bonds. The Kier molecular flexibility index (Phi) is 1.58. The number of pyridine rings is 1. The Morgan fingerprint density at radius 3 is 3.13 bits per heavy atom. The smallest absolute Gasteiger partial charge is 0.189 e. The van der Waals surface area contributed by atoms with Gasteiger partial charge in [-0.15, -0.1) is 0 Å². The number of fused-ring (bicyclic) bond motifs is 2. The molecule has 6 heteroatoms. The number of benzene rings is 1. The molecule has 0 unspecified atom stereocenters. The highest BCUT2D eigenvalue weighted by Gasteiger charge is 2.10. The molecule has 0 fully saturated rings. The molecule has 3 rings (SSSR count). The van der Waals surface area contributed by atoms with Crippen molar-refractivity contribution in [2.24, 2.45) is 0 Å². The van der Waals surface area contributed by atoms with E-state index in [1.165, 1.54) is 12.3 Å². The minimum absolute atomic E-state index is 0.105. The number of hydrogen-bond donors (Lipinski definition) is 2. The fourth-order valence-corrected chi connectivity index (χ4v) is 1.86. The largest absolute Gasteiger partial charge is 0.289 e. The van der Waals surface area contributed by atoms with Crippen LogP contribution >= 0.6 is 11.6 Å². The molecule has 0 radical (unpaired) electrons. The predicted molar refractivity (Wildman–Crippen MR) is 57.0 cm³/mol. The highest BCUT2D eigenvalue weighted by molar-refractivity contribution is 6.39. The molecule has 0 atom stereocenters. The van der Waals surface area contributed by atoms with Crippen LogP contribution < -0.4 is 5.43 Å². The highest BCUT2D eigenvalue weighted by Crippen LogP contribution is 2.26. The van der Waals surface area contributed by atoms with E-state index in [0.717, 1.165) is 0 Å². The molecule has 5 nitrogen and oxygen atoms in total. The van der Waals surface area contributed by atoms with E-state index in [2.05, 4.69) is 20.4 Å². The molecule has 2 aromatic heterocycles. The number of rotatable bonds is 0. The van der Waals surface area contributed by atoms with Crippen LogP contribution in [0.3, 0.4) is 0 Å². The summed E-state index contributed by atoms with van der Waals surface area (Å²) in [5.41, 5.74) is 1.67. The summed E-state index contributed by atoms with van der Waals surface area (Å²) in [4.78, 5) is 15.6. The Bertz CT molecular complexity index is 715. The second-order valence-corrected chi connectivity index (χ2v) is 3.52. The van der Waals surface area contributed by atoms with Gasteiger partial charge in [-0.05, 0) is 6.07 Å². The molecule has 15 heavy (non-hydrogen) atoms. The van der Waals surface area contributed by atoms with Gasteiger partial charge < -0.3 is 0 Å². The highest BCUT2D eigenvalue weighted by atomic mass is 35.5. The molecule has 74 valence electrons. The monoisotopic (exact) mass is 220 g/mol. The second kappa shape index (κ2) is 2.80. The summed E-state index contributed by atoms with van der Waals surface area (Å²) >= 11 is 6.10. The molecule has 0 spiro atoms. The zero-order chi connectivity index (χ0) is 10.4. The lowest BCUT2D eigenvalue weighted by molar-refractivity contribution is 0.959. The standard InChI is InChI=1S/C9H5ClN4O/c10-7-8-4(6(15)1-2-11-8)3-5-9(7)13-14-12-5/h1-3,13-14H. The van der Waals surface area contributed by atoms with Crippen molar-refractivity contribution in [3.63, 3.8) is 0 Å². The van der Waals surface area contributed by atoms with Gasteiger partial charge in [-0.25, -0.2) is 5.21 Å². The van der Waals surface area contributed by atoms with Crippen molar-refractivity contribution in [3.8, 4) is 0 Å². The maximum absolute atomic E-state index is 11.5. The van der Waals surface area contributed by atoms with Gasteiger partial charge in [0.25, 0.3) is 0 Å². The van der Waals surface area contributed by atoms with E-state index < -0.39 is 0 Å². The van der Waals surface area contributed by atoms with Gasteiger partial charge in [0.15, 0.2) is 5.43 Å². The molecule has 0 aliphatic rings. The van der Waals surface area contributed by atoms with Crippen LogP contribution in [-0.4, -0.2) is 20.4 Å². The maximum Gasteiger partial charge on any atom is 0.189 e. The van der Waals surface area contributed by atoms with Crippen LogP contribution in [0, 0.1) is 0 Å². The molecule has 2 N–H and O–H groups in total. The van der Waals surface area contributed by atoms with Crippen molar-refractivity contribution in [1.29, 1.82) is 0 Å². The average molecular weight is 221 g/mol. The Balaban J connectivity index is 2.70. The van der Waals surface area contributed by atoms with Crippen LogP contribution in [0.1, 0.15) is 0 Å². The lowest BCUT2D eigenvalue weighted by Crippen LogP contribution is -2.00. The molecule has 2 heterocycles. The van der Waals surface area contributed by atoms with Crippen LogP contribution in [0.4, 0.5) is 0 Å². The first-order valence-corrected chi connectivity index (χ1v) is 4.65. The number of nitrogens with zero attached hydrogens (tertiary/aromatic N) is 2. The van der Waals surface area contributed by atoms with E-state index in [0.29, 0.717) is 27.0 Å². The maximum atomic E-state index is 11.5. The minimum atomic E-state index is -0.105. The molecular formula is C9H5ClN4O. The molecule has 0 aliphatic carbocycles. The van der Waals surface area contributed by atoms with Crippen molar-refractivity contribution in [2.45, 2.75) is 0 Å². The predicted octanol–water partition coefficient (Wildman–Crippen LogP) is 1.45. The zero-order valence-corrected chi connectivity index (χ0v) is 8.17. The summed E-state index contributed by atoms with van der Waals surface area (Å²) in [6, 6.07) is 3.07. The molecule has 0 saturated carbocycles. The first-order chi connectivity index (χ1) is 7.27. The van der Waals surface area contributed by atoms with Crippen LogP contribution in [0.2, 0.25) is 5.02 Å². The first kappa shape index (κ1) is 8.43. The Morgan fingerprint density at radius 2 is 2.27 bits per heavy atom. The quantitative estimate of drug-likeness (QED) is 0.602. The average Bonchev–Trinajstić information content (AvgIpc) is 2.68. The van der Waals surface area contributed by atoms with Crippen molar-refractivity contribution in [1.82, 2.24) is 20.4 Å². The Labute approximate surface area is 88.1 Å². The van der Waals surface area contributed by atoms with Gasteiger partial charge in [0.05, 0.1) is 15.9 Å². The summed E-state index contributed by atoms with van der Waals surface area (Å²) < 4.78 is 0. The number of halogens is 1. The van der Waals surface area contributed by atoms with E-state index in [-0.39, 0.29) is 5.43 Å². The van der Waals surface area contributed by atoms with Gasteiger partial charge in [-0.2, -0.15) is 5.10 Å².